The summed E-state index contributed by atoms with van der Waals surface area (Å²) in [6, 6.07) is 12.5. The van der Waals surface area contributed by atoms with Crippen LogP contribution >= 0.6 is 11.6 Å². The molecule has 0 bridgehead atoms. The molecule has 7 heteroatoms. The van der Waals surface area contributed by atoms with Crippen LogP contribution in [0.2, 0.25) is 5.02 Å². The van der Waals surface area contributed by atoms with Gasteiger partial charge in [0.25, 0.3) is 11.8 Å². The standard InChI is InChI=1S/C20H20ClN3O3/c1-12(2)19-23-20(27-24-19)14-5-4-6-16(9-14)26-11-18(25)22-15-8-7-13(3)17(21)10-15/h4-10,12H,11H2,1-3H3,(H,22,25). The molecule has 1 amide bonds. The van der Waals surface area contributed by atoms with E-state index >= 15 is 0 Å². The number of hydrogen-bond donors (Lipinski definition) is 1. The monoisotopic (exact) mass is 385 g/mol. The summed E-state index contributed by atoms with van der Waals surface area (Å²) in [6.45, 7) is 5.76. The molecular formula is C20H20ClN3O3. The first kappa shape index (κ1) is 18.9. The second-order valence-corrected chi connectivity index (χ2v) is 6.85. The molecule has 2 aromatic carbocycles. The highest BCUT2D eigenvalue weighted by Crippen LogP contribution is 2.24. The van der Waals surface area contributed by atoms with Gasteiger partial charge in [0.2, 0.25) is 0 Å². The van der Waals surface area contributed by atoms with Gasteiger partial charge >= 0.3 is 0 Å². The van der Waals surface area contributed by atoms with Crippen molar-refractivity contribution >= 4 is 23.2 Å². The molecule has 0 fully saturated rings. The Morgan fingerprint density at radius 1 is 1.26 bits per heavy atom. The van der Waals surface area contributed by atoms with Crippen LogP contribution in [0, 0.1) is 6.92 Å². The zero-order valence-electron chi connectivity index (χ0n) is 15.3. The summed E-state index contributed by atoms with van der Waals surface area (Å²) in [4.78, 5) is 16.5. The number of aryl methyl sites for hydroxylation is 1. The predicted octanol–water partition coefficient (Wildman–Crippen LogP) is 4.84. The lowest BCUT2D eigenvalue weighted by atomic mass is 10.2. The van der Waals surface area contributed by atoms with Crippen molar-refractivity contribution in [2.45, 2.75) is 26.7 Å². The average molecular weight is 386 g/mol. The van der Waals surface area contributed by atoms with E-state index in [2.05, 4.69) is 15.5 Å². The number of anilines is 1. The molecule has 1 heterocycles. The molecule has 0 unspecified atom stereocenters. The Hall–Kier alpha value is -2.86. The van der Waals surface area contributed by atoms with Crippen LogP contribution in [0.3, 0.4) is 0 Å². The lowest BCUT2D eigenvalue weighted by Gasteiger charge is -2.09. The third-order valence-electron chi connectivity index (χ3n) is 3.86. The van der Waals surface area contributed by atoms with Gasteiger partial charge in [-0.15, -0.1) is 0 Å². The maximum atomic E-state index is 12.1. The van der Waals surface area contributed by atoms with E-state index in [1.807, 2.05) is 39.0 Å². The molecule has 3 rings (SSSR count). The SMILES string of the molecule is Cc1ccc(NC(=O)COc2cccc(-c3nc(C(C)C)no3)c2)cc1Cl. The summed E-state index contributed by atoms with van der Waals surface area (Å²) in [5.74, 6) is 1.50. The fraction of sp³-hybridized carbons (Fsp3) is 0.250. The molecule has 0 aliphatic rings. The molecule has 1 N–H and O–H groups in total. The van der Waals surface area contributed by atoms with Crippen molar-refractivity contribution < 1.29 is 14.1 Å². The Morgan fingerprint density at radius 3 is 2.78 bits per heavy atom. The van der Waals surface area contributed by atoms with Crippen LogP contribution in [-0.2, 0) is 4.79 Å². The van der Waals surface area contributed by atoms with Crippen LogP contribution in [0.5, 0.6) is 5.75 Å². The molecule has 0 saturated heterocycles. The molecule has 0 saturated carbocycles. The fourth-order valence-electron chi connectivity index (χ4n) is 2.32. The summed E-state index contributed by atoms with van der Waals surface area (Å²) in [7, 11) is 0. The molecule has 0 aliphatic heterocycles. The maximum absolute atomic E-state index is 12.1. The number of benzene rings is 2. The first-order chi connectivity index (χ1) is 12.9. The third kappa shape index (κ3) is 4.86. The van der Waals surface area contributed by atoms with Gasteiger partial charge in [0.05, 0.1) is 0 Å². The van der Waals surface area contributed by atoms with Gasteiger partial charge in [-0.3, -0.25) is 4.79 Å². The molecule has 27 heavy (non-hydrogen) atoms. The first-order valence-corrected chi connectivity index (χ1v) is 8.93. The Kier molecular flexibility index (Phi) is 5.76. The van der Waals surface area contributed by atoms with E-state index in [0.29, 0.717) is 28.2 Å². The number of aromatic nitrogens is 2. The quantitative estimate of drug-likeness (QED) is 0.657. The summed E-state index contributed by atoms with van der Waals surface area (Å²) in [5.41, 5.74) is 2.31. The molecule has 1 aromatic heterocycles. The number of ether oxygens (including phenoxy) is 1. The van der Waals surface area contributed by atoms with Crippen molar-refractivity contribution in [2.24, 2.45) is 0 Å². The smallest absolute Gasteiger partial charge is 0.262 e. The lowest BCUT2D eigenvalue weighted by Crippen LogP contribution is -2.20. The number of hydrogen-bond acceptors (Lipinski definition) is 5. The lowest BCUT2D eigenvalue weighted by molar-refractivity contribution is -0.118. The number of carbonyl (C=O) groups is 1. The van der Waals surface area contributed by atoms with Crippen molar-refractivity contribution in [3.63, 3.8) is 0 Å². The van der Waals surface area contributed by atoms with Crippen molar-refractivity contribution in [1.82, 2.24) is 10.1 Å². The number of amides is 1. The number of nitrogens with zero attached hydrogens (tertiary/aromatic N) is 2. The minimum Gasteiger partial charge on any atom is -0.484 e. The Morgan fingerprint density at radius 2 is 2.07 bits per heavy atom. The number of halogens is 1. The van der Waals surface area contributed by atoms with Gasteiger partial charge in [0.15, 0.2) is 12.4 Å². The van der Waals surface area contributed by atoms with Gasteiger partial charge in [0, 0.05) is 22.2 Å². The molecule has 6 nitrogen and oxygen atoms in total. The van der Waals surface area contributed by atoms with E-state index < -0.39 is 0 Å². The topological polar surface area (TPSA) is 77.2 Å². The highest BCUT2D eigenvalue weighted by Gasteiger charge is 2.12. The summed E-state index contributed by atoms with van der Waals surface area (Å²) >= 11 is 6.06. The number of rotatable bonds is 6. The van der Waals surface area contributed by atoms with E-state index in [-0.39, 0.29) is 18.4 Å². The summed E-state index contributed by atoms with van der Waals surface area (Å²) in [6.07, 6.45) is 0. The van der Waals surface area contributed by atoms with Crippen LogP contribution in [0.1, 0.15) is 31.2 Å². The van der Waals surface area contributed by atoms with E-state index in [1.54, 1.807) is 24.3 Å². The third-order valence-corrected chi connectivity index (χ3v) is 4.27. The van der Waals surface area contributed by atoms with Gasteiger partial charge < -0.3 is 14.6 Å². The van der Waals surface area contributed by atoms with E-state index in [0.717, 1.165) is 11.1 Å². The number of carbonyl (C=O) groups excluding carboxylic acids is 1. The second kappa shape index (κ2) is 8.22. The van der Waals surface area contributed by atoms with Crippen LogP contribution in [-0.4, -0.2) is 22.7 Å². The summed E-state index contributed by atoms with van der Waals surface area (Å²) < 4.78 is 10.9. The second-order valence-electron chi connectivity index (χ2n) is 6.44. The van der Waals surface area contributed by atoms with Crippen LogP contribution in [0.15, 0.2) is 47.0 Å². The minimum absolute atomic E-state index is 0.129. The molecular weight excluding hydrogens is 366 g/mol. The molecule has 0 spiro atoms. The fourth-order valence-corrected chi connectivity index (χ4v) is 2.50. The summed E-state index contributed by atoms with van der Waals surface area (Å²) in [5, 5.41) is 7.31. The highest BCUT2D eigenvalue weighted by molar-refractivity contribution is 6.31. The van der Waals surface area contributed by atoms with Gasteiger partial charge in [-0.1, -0.05) is 42.7 Å². The number of nitrogens with one attached hydrogen (secondary N) is 1. The van der Waals surface area contributed by atoms with Gasteiger partial charge in [-0.25, -0.2) is 0 Å². The molecule has 0 radical (unpaired) electrons. The van der Waals surface area contributed by atoms with Gasteiger partial charge in [-0.2, -0.15) is 4.98 Å². The van der Waals surface area contributed by atoms with E-state index in [9.17, 15) is 4.79 Å². The van der Waals surface area contributed by atoms with Crippen molar-refractivity contribution in [2.75, 3.05) is 11.9 Å². The molecule has 3 aromatic rings. The maximum Gasteiger partial charge on any atom is 0.262 e. The Labute approximate surface area is 162 Å². The van der Waals surface area contributed by atoms with Gasteiger partial charge in [0.1, 0.15) is 5.75 Å². The van der Waals surface area contributed by atoms with Crippen molar-refractivity contribution in [1.29, 1.82) is 0 Å². The average Bonchev–Trinajstić information content (AvgIpc) is 3.14. The Balaban J connectivity index is 1.62. The molecule has 0 aliphatic carbocycles. The van der Waals surface area contributed by atoms with E-state index in [4.69, 9.17) is 20.9 Å². The van der Waals surface area contributed by atoms with Crippen LogP contribution in [0.4, 0.5) is 5.69 Å². The van der Waals surface area contributed by atoms with Gasteiger partial charge in [-0.05, 0) is 42.8 Å². The zero-order valence-corrected chi connectivity index (χ0v) is 16.1. The zero-order chi connectivity index (χ0) is 19.4. The minimum atomic E-state index is -0.278. The molecule has 0 atom stereocenters. The first-order valence-electron chi connectivity index (χ1n) is 8.55. The largest absolute Gasteiger partial charge is 0.484 e. The predicted molar refractivity (Wildman–Crippen MR) is 104 cm³/mol. The van der Waals surface area contributed by atoms with Crippen LogP contribution in [0.25, 0.3) is 11.5 Å². The molecule has 140 valence electrons. The Bertz CT molecular complexity index is 953. The normalized spacial score (nSPS) is 10.9. The highest BCUT2D eigenvalue weighted by atomic mass is 35.5. The van der Waals surface area contributed by atoms with E-state index in [1.165, 1.54) is 0 Å². The van der Waals surface area contributed by atoms with Crippen LogP contribution < -0.4 is 10.1 Å². The van der Waals surface area contributed by atoms with Crippen molar-refractivity contribution in [3.8, 4) is 17.2 Å². The van der Waals surface area contributed by atoms with Crippen molar-refractivity contribution in [3.05, 3.63) is 58.9 Å².